The lowest BCUT2D eigenvalue weighted by atomic mass is 10.2. The Morgan fingerprint density at radius 2 is 1.65 bits per heavy atom. The van der Waals surface area contributed by atoms with Crippen LogP contribution >= 0.6 is 0 Å². The van der Waals surface area contributed by atoms with Crippen LogP contribution in [0.25, 0.3) is 0 Å². The Hall–Kier alpha value is -2.85. The Bertz CT molecular complexity index is 914. The normalized spacial score (nSPS) is 14.3. The monoisotopic (exact) mass is 327 g/mol. The number of benzene rings is 2. The first-order valence-electron chi connectivity index (χ1n) is 6.83. The van der Waals surface area contributed by atoms with Gasteiger partial charge in [-0.2, -0.15) is 5.26 Å². The third-order valence-electron chi connectivity index (χ3n) is 3.74. The second-order valence-electron chi connectivity index (χ2n) is 5.09. The number of para-hydroxylation sites is 2. The first-order valence-corrected chi connectivity index (χ1v) is 8.27. The summed E-state index contributed by atoms with van der Waals surface area (Å²) >= 11 is 0. The third-order valence-corrected chi connectivity index (χ3v) is 5.51. The molecule has 0 saturated heterocycles. The van der Waals surface area contributed by atoms with Crippen molar-refractivity contribution in [1.29, 1.82) is 5.26 Å². The van der Waals surface area contributed by atoms with Gasteiger partial charge in [0, 0.05) is 7.05 Å². The summed E-state index contributed by atoms with van der Waals surface area (Å²) in [5, 5.41) is 8.81. The molecule has 1 aliphatic rings. The molecule has 2 aromatic rings. The Labute approximate surface area is 134 Å². The first-order chi connectivity index (χ1) is 10.9. The van der Waals surface area contributed by atoms with Crippen LogP contribution in [0.5, 0.6) is 0 Å². The van der Waals surface area contributed by atoms with Gasteiger partial charge in [-0.25, -0.2) is 8.42 Å². The van der Waals surface area contributed by atoms with Crippen molar-refractivity contribution in [2.45, 2.75) is 4.90 Å². The van der Waals surface area contributed by atoms with E-state index in [1.54, 1.807) is 31.3 Å². The van der Waals surface area contributed by atoms with Gasteiger partial charge in [-0.15, -0.1) is 0 Å². The lowest BCUT2D eigenvalue weighted by molar-refractivity contribution is -0.117. The molecule has 0 saturated carbocycles. The van der Waals surface area contributed by atoms with E-state index in [2.05, 4.69) is 0 Å². The number of anilines is 2. The van der Waals surface area contributed by atoms with Gasteiger partial charge < -0.3 is 4.90 Å². The SMILES string of the molecule is CN1C(=O)CN(S(=O)(=O)c2ccc(C#N)cc2)c2ccccc21. The maximum atomic E-state index is 12.9. The zero-order chi connectivity index (χ0) is 16.6. The summed E-state index contributed by atoms with van der Waals surface area (Å²) in [6, 6.07) is 14.4. The van der Waals surface area contributed by atoms with Crippen molar-refractivity contribution in [3.8, 4) is 6.07 Å². The highest BCUT2D eigenvalue weighted by molar-refractivity contribution is 7.92. The van der Waals surface area contributed by atoms with Crippen molar-refractivity contribution in [3.05, 3.63) is 54.1 Å². The number of nitriles is 1. The molecule has 0 atom stereocenters. The van der Waals surface area contributed by atoms with Gasteiger partial charge >= 0.3 is 0 Å². The number of amides is 1. The van der Waals surface area contributed by atoms with Crippen LogP contribution in [0.3, 0.4) is 0 Å². The number of nitrogens with zero attached hydrogens (tertiary/aromatic N) is 3. The minimum absolute atomic E-state index is 0.0451. The molecule has 0 radical (unpaired) electrons. The molecule has 1 amide bonds. The lowest BCUT2D eigenvalue weighted by Crippen LogP contribution is -2.46. The summed E-state index contributed by atoms with van der Waals surface area (Å²) < 4.78 is 26.9. The van der Waals surface area contributed by atoms with Gasteiger partial charge in [0.25, 0.3) is 10.0 Å². The zero-order valence-electron chi connectivity index (χ0n) is 12.3. The number of carbonyl (C=O) groups excluding carboxylic acids is 1. The molecule has 2 aromatic carbocycles. The standard InChI is InChI=1S/C16H13N3O3S/c1-18-14-4-2-3-5-15(14)19(11-16(18)20)23(21,22)13-8-6-12(10-17)7-9-13/h2-9H,11H2,1H3. The fourth-order valence-corrected chi connectivity index (χ4v) is 3.88. The van der Waals surface area contributed by atoms with Crippen LogP contribution in [0, 0.1) is 11.3 Å². The van der Waals surface area contributed by atoms with Crippen LogP contribution in [0.4, 0.5) is 11.4 Å². The number of hydrogen-bond acceptors (Lipinski definition) is 4. The fraction of sp³-hybridized carbons (Fsp3) is 0.125. The number of carbonyl (C=O) groups is 1. The van der Waals surface area contributed by atoms with Crippen LogP contribution in [0.1, 0.15) is 5.56 Å². The molecule has 0 unspecified atom stereocenters. The third kappa shape index (κ3) is 2.43. The molecule has 0 bridgehead atoms. The van der Waals surface area contributed by atoms with Crippen molar-refractivity contribution < 1.29 is 13.2 Å². The molecule has 0 aromatic heterocycles. The van der Waals surface area contributed by atoms with E-state index in [9.17, 15) is 13.2 Å². The molecule has 7 heteroatoms. The average Bonchev–Trinajstić information content (AvgIpc) is 2.58. The second kappa shape index (κ2) is 5.41. The summed E-state index contributed by atoms with van der Waals surface area (Å²) in [7, 11) is -2.26. The van der Waals surface area contributed by atoms with Crippen LogP contribution in [-0.2, 0) is 14.8 Å². The van der Waals surface area contributed by atoms with E-state index in [4.69, 9.17) is 5.26 Å². The first kappa shape index (κ1) is 15.1. The van der Waals surface area contributed by atoms with Crippen LogP contribution in [-0.4, -0.2) is 27.9 Å². The molecule has 0 spiro atoms. The molecular weight excluding hydrogens is 314 g/mol. The largest absolute Gasteiger partial charge is 0.312 e. The number of rotatable bonds is 2. The van der Waals surface area contributed by atoms with Gasteiger partial charge in [0.1, 0.15) is 6.54 Å². The number of fused-ring (bicyclic) bond motifs is 1. The Kier molecular flexibility index (Phi) is 3.54. The van der Waals surface area contributed by atoms with E-state index in [1.807, 2.05) is 6.07 Å². The van der Waals surface area contributed by atoms with Crippen molar-refractivity contribution in [1.82, 2.24) is 0 Å². The number of sulfonamides is 1. The summed E-state index contributed by atoms with van der Waals surface area (Å²) in [6.07, 6.45) is 0. The molecule has 6 nitrogen and oxygen atoms in total. The van der Waals surface area contributed by atoms with Crippen molar-refractivity contribution in [2.75, 3.05) is 22.8 Å². The van der Waals surface area contributed by atoms with Gasteiger partial charge in [0.05, 0.1) is 27.9 Å². The molecule has 23 heavy (non-hydrogen) atoms. The molecule has 0 fully saturated rings. The summed E-state index contributed by atoms with van der Waals surface area (Å²) in [5.41, 5.74) is 1.37. The lowest BCUT2D eigenvalue weighted by Gasteiger charge is -2.34. The van der Waals surface area contributed by atoms with E-state index < -0.39 is 10.0 Å². The van der Waals surface area contributed by atoms with E-state index in [1.165, 1.54) is 29.2 Å². The predicted molar refractivity (Wildman–Crippen MR) is 85.5 cm³/mol. The minimum Gasteiger partial charge on any atom is -0.312 e. The average molecular weight is 327 g/mol. The topological polar surface area (TPSA) is 81.5 Å². The Morgan fingerprint density at radius 3 is 2.26 bits per heavy atom. The highest BCUT2D eigenvalue weighted by atomic mass is 32.2. The fourth-order valence-electron chi connectivity index (χ4n) is 2.45. The minimum atomic E-state index is -3.88. The second-order valence-corrected chi connectivity index (χ2v) is 6.95. The van der Waals surface area contributed by atoms with Gasteiger partial charge in [-0.3, -0.25) is 9.10 Å². The van der Waals surface area contributed by atoms with Gasteiger partial charge in [0.2, 0.25) is 5.91 Å². The highest BCUT2D eigenvalue weighted by Crippen LogP contribution is 2.35. The van der Waals surface area contributed by atoms with E-state index >= 15 is 0 Å². The molecule has 3 rings (SSSR count). The quantitative estimate of drug-likeness (QED) is 0.841. The highest BCUT2D eigenvalue weighted by Gasteiger charge is 2.34. The predicted octanol–water partition coefficient (Wildman–Crippen LogP) is 1.73. The molecule has 1 aliphatic heterocycles. The molecule has 1 heterocycles. The molecular formula is C16H13N3O3S. The maximum absolute atomic E-state index is 12.9. The van der Waals surface area contributed by atoms with Crippen LogP contribution < -0.4 is 9.21 Å². The van der Waals surface area contributed by atoms with Gasteiger partial charge in [0.15, 0.2) is 0 Å². The Morgan fingerprint density at radius 1 is 1.04 bits per heavy atom. The van der Waals surface area contributed by atoms with Crippen molar-refractivity contribution >= 4 is 27.3 Å². The summed E-state index contributed by atoms with van der Waals surface area (Å²) in [5.74, 6) is -0.305. The van der Waals surface area contributed by atoms with Crippen molar-refractivity contribution in [3.63, 3.8) is 0 Å². The molecule has 0 N–H and O–H groups in total. The van der Waals surface area contributed by atoms with Crippen molar-refractivity contribution in [2.24, 2.45) is 0 Å². The smallest absolute Gasteiger partial charge is 0.264 e. The van der Waals surface area contributed by atoms with E-state index in [-0.39, 0.29) is 17.3 Å². The summed E-state index contributed by atoms with van der Waals surface area (Å²) in [6.45, 7) is -0.254. The van der Waals surface area contributed by atoms with Gasteiger partial charge in [-0.1, -0.05) is 12.1 Å². The maximum Gasteiger partial charge on any atom is 0.264 e. The number of likely N-dealkylation sites (N-methyl/N-ethyl adjacent to an activating group) is 1. The van der Waals surface area contributed by atoms with Gasteiger partial charge in [-0.05, 0) is 36.4 Å². The summed E-state index contributed by atoms with van der Waals surface area (Å²) in [4.78, 5) is 13.6. The molecule has 116 valence electrons. The van der Waals surface area contributed by atoms with Crippen LogP contribution in [0.15, 0.2) is 53.4 Å². The van der Waals surface area contributed by atoms with E-state index in [0.717, 1.165) is 4.31 Å². The van der Waals surface area contributed by atoms with Crippen LogP contribution in [0.2, 0.25) is 0 Å². The van der Waals surface area contributed by atoms with E-state index in [0.29, 0.717) is 16.9 Å². The molecule has 0 aliphatic carbocycles. The zero-order valence-corrected chi connectivity index (χ0v) is 13.1. The number of hydrogen-bond donors (Lipinski definition) is 0. The Balaban J connectivity index is 2.11.